The Kier molecular flexibility index (Phi) is 7.74. The molecular formula is C25H30N5O3P. The van der Waals surface area contributed by atoms with E-state index in [1.54, 1.807) is 44.8 Å². The Morgan fingerprint density at radius 3 is 2.47 bits per heavy atom. The zero-order valence-electron chi connectivity index (χ0n) is 20.3. The maximum atomic E-state index is 12.7. The molecule has 0 aliphatic heterocycles. The number of methoxy groups -OCH3 is 1. The van der Waals surface area contributed by atoms with Gasteiger partial charge in [-0.3, -0.25) is 4.79 Å². The van der Waals surface area contributed by atoms with E-state index in [1.807, 2.05) is 45.0 Å². The van der Waals surface area contributed by atoms with Crippen LogP contribution in [-0.4, -0.2) is 36.3 Å². The minimum atomic E-state index is -2.49. The van der Waals surface area contributed by atoms with E-state index in [9.17, 15) is 9.36 Å². The number of ether oxygens (including phenoxy) is 1. The zero-order valence-corrected chi connectivity index (χ0v) is 21.2. The highest BCUT2D eigenvalue weighted by atomic mass is 31.2. The van der Waals surface area contributed by atoms with Crippen molar-refractivity contribution in [3.8, 4) is 5.75 Å². The topological polar surface area (TPSA) is 105 Å². The third-order valence-corrected chi connectivity index (χ3v) is 6.39. The van der Waals surface area contributed by atoms with Crippen LogP contribution in [0.1, 0.15) is 19.4 Å². The second kappa shape index (κ2) is 10.5. The Morgan fingerprint density at radius 2 is 1.79 bits per heavy atom. The lowest BCUT2D eigenvalue weighted by Crippen LogP contribution is -2.11. The van der Waals surface area contributed by atoms with Gasteiger partial charge in [0.15, 0.2) is 0 Å². The van der Waals surface area contributed by atoms with Gasteiger partial charge in [0, 0.05) is 28.8 Å². The van der Waals surface area contributed by atoms with Gasteiger partial charge < -0.3 is 25.3 Å². The first-order chi connectivity index (χ1) is 16.1. The number of allylic oxidation sites excluding steroid dienone is 1. The number of carbonyl (C=O) groups excluding carboxylic acids is 1. The predicted octanol–water partition coefficient (Wildman–Crippen LogP) is 5.43. The van der Waals surface area contributed by atoms with Crippen molar-refractivity contribution in [2.24, 2.45) is 0 Å². The van der Waals surface area contributed by atoms with Crippen LogP contribution in [0.5, 0.6) is 5.75 Å². The summed E-state index contributed by atoms with van der Waals surface area (Å²) in [6, 6.07) is 12.8. The molecule has 34 heavy (non-hydrogen) atoms. The minimum absolute atomic E-state index is 0.211. The maximum absolute atomic E-state index is 12.7. The molecule has 0 unspecified atom stereocenters. The number of nitrogens with zero attached hydrogens (tertiary/aromatic N) is 2. The lowest BCUT2D eigenvalue weighted by atomic mass is 10.2. The molecule has 1 heterocycles. The molecule has 0 spiro atoms. The summed E-state index contributed by atoms with van der Waals surface area (Å²) in [5, 5.41) is 10.1. The SMILES string of the molecule is COc1ccc(NC(=O)C=C(C)C)cc1Nc1ncc(C)c(Nc2ccccc2P(C)(C)=O)n1. The number of hydrogen-bond acceptors (Lipinski definition) is 7. The average molecular weight is 480 g/mol. The van der Waals surface area contributed by atoms with Gasteiger partial charge in [-0.05, 0) is 64.4 Å². The molecule has 0 atom stereocenters. The normalized spacial score (nSPS) is 10.9. The van der Waals surface area contributed by atoms with E-state index < -0.39 is 7.14 Å². The molecule has 2 aromatic carbocycles. The smallest absolute Gasteiger partial charge is 0.248 e. The second-order valence-corrected chi connectivity index (χ2v) is 11.7. The molecule has 0 fully saturated rings. The fraction of sp³-hybridized carbons (Fsp3) is 0.240. The third-order valence-electron chi connectivity index (χ3n) is 4.84. The van der Waals surface area contributed by atoms with Gasteiger partial charge in [-0.25, -0.2) is 4.98 Å². The number of amides is 1. The summed E-state index contributed by atoms with van der Waals surface area (Å²) in [7, 11) is -0.923. The molecule has 3 rings (SSSR count). The Bertz CT molecular complexity index is 1280. The van der Waals surface area contributed by atoms with Crippen LogP contribution in [0.4, 0.5) is 28.8 Å². The van der Waals surface area contributed by atoms with Crippen LogP contribution in [0.2, 0.25) is 0 Å². The molecule has 1 aromatic heterocycles. The van der Waals surface area contributed by atoms with E-state index in [-0.39, 0.29) is 5.91 Å². The van der Waals surface area contributed by atoms with Gasteiger partial charge in [-0.2, -0.15) is 4.98 Å². The Balaban J connectivity index is 1.90. The molecule has 0 aliphatic rings. The number of aromatic nitrogens is 2. The molecule has 0 saturated carbocycles. The van der Waals surface area contributed by atoms with Crippen LogP contribution in [0.3, 0.4) is 0 Å². The van der Waals surface area contributed by atoms with Crippen LogP contribution in [0, 0.1) is 6.92 Å². The molecule has 0 aliphatic carbocycles. The Morgan fingerprint density at radius 1 is 1.06 bits per heavy atom. The van der Waals surface area contributed by atoms with Gasteiger partial charge in [0.25, 0.3) is 0 Å². The summed E-state index contributed by atoms with van der Waals surface area (Å²) in [5.41, 5.74) is 3.68. The molecule has 0 bridgehead atoms. The quantitative estimate of drug-likeness (QED) is 0.292. The van der Waals surface area contributed by atoms with Crippen LogP contribution >= 0.6 is 7.14 Å². The number of benzene rings is 2. The monoisotopic (exact) mass is 479 g/mol. The molecular weight excluding hydrogens is 449 g/mol. The first kappa shape index (κ1) is 25.0. The second-order valence-electron chi connectivity index (χ2n) is 8.47. The predicted molar refractivity (Wildman–Crippen MR) is 140 cm³/mol. The number of carbonyl (C=O) groups is 1. The van der Waals surface area contributed by atoms with Crippen LogP contribution in [0.15, 0.2) is 60.3 Å². The van der Waals surface area contributed by atoms with Crippen molar-refractivity contribution < 1.29 is 14.1 Å². The summed E-state index contributed by atoms with van der Waals surface area (Å²) >= 11 is 0. The van der Waals surface area contributed by atoms with E-state index in [1.165, 1.54) is 6.08 Å². The first-order valence-corrected chi connectivity index (χ1v) is 13.3. The van der Waals surface area contributed by atoms with Gasteiger partial charge in [0.05, 0.1) is 18.5 Å². The summed E-state index contributed by atoms with van der Waals surface area (Å²) in [4.78, 5) is 21.1. The molecule has 0 radical (unpaired) electrons. The molecule has 8 nitrogen and oxygen atoms in total. The van der Waals surface area contributed by atoms with E-state index in [2.05, 4.69) is 25.9 Å². The van der Waals surface area contributed by atoms with Crippen LogP contribution < -0.4 is 26.0 Å². The average Bonchev–Trinajstić information content (AvgIpc) is 2.75. The maximum Gasteiger partial charge on any atom is 0.248 e. The van der Waals surface area contributed by atoms with E-state index in [0.717, 1.165) is 22.1 Å². The largest absolute Gasteiger partial charge is 0.495 e. The highest BCUT2D eigenvalue weighted by Crippen LogP contribution is 2.38. The molecule has 0 saturated heterocycles. The number of para-hydroxylation sites is 1. The fourth-order valence-corrected chi connectivity index (χ4v) is 4.41. The third kappa shape index (κ3) is 6.45. The number of rotatable bonds is 8. The number of nitrogens with one attached hydrogen (secondary N) is 3. The van der Waals surface area contributed by atoms with Gasteiger partial charge in [-0.15, -0.1) is 0 Å². The van der Waals surface area contributed by atoms with Gasteiger partial charge >= 0.3 is 0 Å². The summed E-state index contributed by atoms with van der Waals surface area (Å²) < 4.78 is 18.2. The Hall–Kier alpha value is -3.64. The van der Waals surface area contributed by atoms with E-state index in [0.29, 0.717) is 28.9 Å². The Labute approximate surface area is 200 Å². The summed E-state index contributed by atoms with van der Waals surface area (Å²) in [5.74, 6) is 1.29. The molecule has 1 amide bonds. The number of hydrogen-bond donors (Lipinski definition) is 3. The van der Waals surface area contributed by atoms with E-state index in [4.69, 9.17) is 4.74 Å². The van der Waals surface area contributed by atoms with Gasteiger partial charge in [0.1, 0.15) is 18.7 Å². The fourth-order valence-electron chi connectivity index (χ4n) is 3.25. The van der Waals surface area contributed by atoms with Crippen molar-refractivity contribution in [2.45, 2.75) is 20.8 Å². The lowest BCUT2D eigenvalue weighted by molar-refractivity contribution is -0.111. The summed E-state index contributed by atoms with van der Waals surface area (Å²) in [6.07, 6.45) is 3.23. The van der Waals surface area contributed by atoms with Crippen molar-refractivity contribution in [2.75, 3.05) is 36.4 Å². The van der Waals surface area contributed by atoms with Crippen molar-refractivity contribution >= 4 is 47.2 Å². The van der Waals surface area contributed by atoms with Crippen molar-refractivity contribution in [1.82, 2.24) is 9.97 Å². The molecule has 3 N–H and O–H groups in total. The van der Waals surface area contributed by atoms with Gasteiger partial charge in [0.2, 0.25) is 11.9 Å². The highest BCUT2D eigenvalue weighted by Gasteiger charge is 2.17. The number of aryl methyl sites for hydroxylation is 1. The molecule has 178 valence electrons. The van der Waals surface area contributed by atoms with Crippen molar-refractivity contribution in [3.05, 3.63) is 65.9 Å². The van der Waals surface area contributed by atoms with Crippen LogP contribution in [-0.2, 0) is 9.36 Å². The highest BCUT2D eigenvalue weighted by molar-refractivity contribution is 7.70. The summed E-state index contributed by atoms with van der Waals surface area (Å²) in [6.45, 7) is 9.09. The lowest BCUT2D eigenvalue weighted by Gasteiger charge is -2.17. The van der Waals surface area contributed by atoms with Crippen LogP contribution in [0.25, 0.3) is 0 Å². The zero-order chi connectivity index (χ0) is 24.9. The molecule has 9 heteroatoms. The number of anilines is 5. The first-order valence-electron chi connectivity index (χ1n) is 10.7. The minimum Gasteiger partial charge on any atom is -0.495 e. The van der Waals surface area contributed by atoms with Crippen molar-refractivity contribution in [3.63, 3.8) is 0 Å². The van der Waals surface area contributed by atoms with E-state index >= 15 is 0 Å². The molecule has 3 aromatic rings. The standard InChI is InChI=1S/C25H30N5O3P/c1-16(2)13-23(31)27-18-11-12-21(33-4)20(14-18)29-25-26-15-17(3)24(30-25)28-19-9-7-8-10-22(19)34(5,6)32/h7-15H,1-6H3,(H,27,31)(H2,26,28,29,30). The van der Waals surface area contributed by atoms with Crippen molar-refractivity contribution in [1.29, 1.82) is 0 Å². The van der Waals surface area contributed by atoms with Gasteiger partial charge in [-0.1, -0.05) is 17.7 Å².